The molecule has 0 atom stereocenters. The molecule has 1 heterocycles. The zero-order valence-electron chi connectivity index (χ0n) is 15.5. The topological polar surface area (TPSA) is 92.3 Å². The Balaban J connectivity index is 1.59. The Morgan fingerprint density at radius 2 is 1.60 bits per heavy atom. The number of carbonyl (C=O) groups is 2. The second-order valence-corrected chi connectivity index (χ2v) is 9.21. The zero-order chi connectivity index (χ0) is 21.1. The van der Waals surface area contributed by atoms with Gasteiger partial charge in [0.05, 0.1) is 21.1 Å². The van der Waals surface area contributed by atoms with Gasteiger partial charge >= 0.3 is 0 Å². The molecule has 0 aliphatic rings. The highest BCUT2D eigenvalue weighted by Gasteiger charge is 2.19. The number of para-hydroxylation sites is 1. The summed E-state index contributed by atoms with van der Waals surface area (Å²) in [4.78, 5) is 23.6. The van der Waals surface area contributed by atoms with Gasteiger partial charge in [-0.1, -0.05) is 42.5 Å². The van der Waals surface area contributed by atoms with E-state index in [0.717, 1.165) is 10.1 Å². The molecule has 0 fully saturated rings. The first kappa shape index (κ1) is 19.8. The van der Waals surface area contributed by atoms with Crippen LogP contribution in [-0.4, -0.2) is 20.6 Å². The molecular formula is C22H16N2O4S2. The van der Waals surface area contributed by atoms with Crippen molar-refractivity contribution in [1.29, 1.82) is 0 Å². The molecule has 8 heteroatoms. The Labute approximate surface area is 177 Å². The molecule has 1 aromatic heterocycles. The molecule has 2 N–H and O–H groups in total. The van der Waals surface area contributed by atoms with E-state index in [2.05, 4.69) is 10.0 Å². The maximum absolute atomic E-state index is 12.8. The van der Waals surface area contributed by atoms with Crippen molar-refractivity contribution in [3.05, 3.63) is 90.0 Å². The number of aldehydes is 1. The lowest BCUT2D eigenvalue weighted by atomic mass is 10.1. The number of rotatable bonds is 6. The summed E-state index contributed by atoms with van der Waals surface area (Å²) < 4.78 is 28.9. The third-order valence-corrected chi connectivity index (χ3v) is 6.82. The standard InChI is InChI=1S/C22H16N2O4S2/c25-14-15-9-11-17(12-10-15)30(27,28)24-19-7-3-2-6-18(19)22(26)23-21-13-16-5-1-4-8-20(16)29-21/h1-14,24H,(H,23,26). The predicted octanol–water partition coefficient (Wildman–Crippen LogP) is 4.77. The summed E-state index contributed by atoms with van der Waals surface area (Å²) in [6, 6.07) is 21.5. The second kappa shape index (κ2) is 8.10. The van der Waals surface area contributed by atoms with Crippen LogP contribution in [0.4, 0.5) is 10.7 Å². The van der Waals surface area contributed by atoms with Gasteiger partial charge in [-0.15, -0.1) is 11.3 Å². The molecule has 4 rings (SSSR count). The molecule has 0 saturated carbocycles. The van der Waals surface area contributed by atoms with Gasteiger partial charge in [-0.2, -0.15) is 0 Å². The van der Waals surface area contributed by atoms with Crippen LogP contribution in [0.15, 0.2) is 83.8 Å². The van der Waals surface area contributed by atoms with E-state index in [9.17, 15) is 18.0 Å². The van der Waals surface area contributed by atoms with Gasteiger partial charge in [0, 0.05) is 10.3 Å². The first-order valence-corrected chi connectivity index (χ1v) is 11.2. The van der Waals surface area contributed by atoms with E-state index in [4.69, 9.17) is 0 Å². The number of hydrogen-bond donors (Lipinski definition) is 2. The smallest absolute Gasteiger partial charge is 0.261 e. The summed E-state index contributed by atoms with van der Waals surface area (Å²) in [6.45, 7) is 0. The molecule has 0 radical (unpaired) electrons. The van der Waals surface area contributed by atoms with Crippen LogP contribution in [0.5, 0.6) is 0 Å². The molecule has 1 amide bonds. The van der Waals surface area contributed by atoms with Gasteiger partial charge in [-0.05, 0) is 41.8 Å². The first-order chi connectivity index (χ1) is 14.5. The fraction of sp³-hybridized carbons (Fsp3) is 0. The fourth-order valence-electron chi connectivity index (χ4n) is 2.92. The van der Waals surface area contributed by atoms with E-state index in [1.54, 1.807) is 18.2 Å². The van der Waals surface area contributed by atoms with Crippen molar-refractivity contribution >= 4 is 54.3 Å². The van der Waals surface area contributed by atoms with E-state index < -0.39 is 15.9 Å². The van der Waals surface area contributed by atoms with Crippen molar-refractivity contribution in [1.82, 2.24) is 0 Å². The molecule has 0 spiro atoms. The highest BCUT2D eigenvalue weighted by atomic mass is 32.2. The van der Waals surface area contributed by atoms with E-state index >= 15 is 0 Å². The molecule has 30 heavy (non-hydrogen) atoms. The third kappa shape index (κ3) is 4.10. The molecule has 4 aromatic rings. The van der Waals surface area contributed by atoms with Crippen LogP contribution in [0.1, 0.15) is 20.7 Å². The number of amides is 1. The van der Waals surface area contributed by atoms with Crippen molar-refractivity contribution in [3.8, 4) is 0 Å². The summed E-state index contributed by atoms with van der Waals surface area (Å²) in [7, 11) is -3.93. The fourth-order valence-corrected chi connectivity index (χ4v) is 4.96. The van der Waals surface area contributed by atoms with Crippen LogP contribution in [0.3, 0.4) is 0 Å². The van der Waals surface area contributed by atoms with Crippen LogP contribution in [0.25, 0.3) is 10.1 Å². The summed E-state index contributed by atoms with van der Waals surface area (Å²) >= 11 is 1.44. The Kier molecular flexibility index (Phi) is 5.35. The molecule has 0 saturated heterocycles. The number of sulfonamides is 1. The number of hydrogen-bond acceptors (Lipinski definition) is 5. The average molecular weight is 437 g/mol. The molecule has 0 bridgehead atoms. The van der Waals surface area contributed by atoms with Gasteiger partial charge in [-0.25, -0.2) is 8.42 Å². The van der Waals surface area contributed by atoms with Crippen molar-refractivity contribution < 1.29 is 18.0 Å². The number of benzene rings is 3. The zero-order valence-corrected chi connectivity index (χ0v) is 17.2. The Bertz CT molecular complexity index is 1310. The van der Waals surface area contributed by atoms with Gasteiger partial charge in [0.15, 0.2) is 0 Å². The van der Waals surface area contributed by atoms with E-state index in [1.165, 1.54) is 41.7 Å². The molecule has 0 aliphatic heterocycles. The minimum absolute atomic E-state index is 0.00665. The SMILES string of the molecule is O=Cc1ccc(S(=O)(=O)Nc2ccccc2C(=O)Nc2cc3ccccc3s2)cc1. The number of fused-ring (bicyclic) bond motifs is 1. The first-order valence-electron chi connectivity index (χ1n) is 8.93. The molecule has 6 nitrogen and oxygen atoms in total. The van der Waals surface area contributed by atoms with Crippen LogP contribution < -0.4 is 10.0 Å². The maximum atomic E-state index is 12.8. The van der Waals surface area contributed by atoms with Crippen molar-refractivity contribution in [2.24, 2.45) is 0 Å². The summed E-state index contributed by atoms with van der Waals surface area (Å²) in [6.07, 6.45) is 0.636. The van der Waals surface area contributed by atoms with E-state index in [1.807, 2.05) is 30.3 Å². The lowest BCUT2D eigenvalue weighted by molar-refractivity contribution is 0.102. The third-order valence-electron chi connectivity index (χ3n) is 4.40. The van der Waals surface area contributed by atoms with Crippen LogP contribution >= 0.6 is 11.3 Å². The van der Waals surface area contributed by atoms with E-state index in [-0.39, 0.29) is 16.1 Å². The lowest BCUT2D eigenvalue weighted by Gasteiger charge is -2.12. The number of anilines is 2. The molecule has 3 aromatic carbocycles. The van der Waals surface area contributed by atoms with Crippen LogP contribution in [-0.2, 0) is 10.0 Å². The molecule has 0 aliphatic carbocycles. The predicted molar refractivity (Wildman–Crippen MR) is 119 cm³/mol. The molecule has 150 valence electrons. The van der Waals surface area contributed by atoms with Crippen molar-refractivity contribution in [3.63, 3.8) is 0 Å². The summed E-state index contributed by atoms with van der Waals surface area (Å²) in [5.74, 6) is -0.420. The Hall–Kier alpha value is -3.49. The van der Waals surface area contributed by atoms with Gasteiger partial charge in [0.1, 0.15) is 6.29 Å². The van der Waals surface area contributed by atoms with Crippen molar-refractivity contribution in [2.45, 2.75) is 4.90 Å². The Morgan fingerprint density at radius 1 is 0.900 bits per heavy atom. The summed E-state index contributed by atoms with van der Waals surface area (Å²) in [5.41, 5.74) is 0.732. The van der Waals surface area contributed by atoms with Crippen LogP contribution in [0.2, 0.25) is 0 Å². The Morgan fingerprint density at radius 3 is 2.33 bits per heavy atom. The quantitative estimate of drug-likeness (QED) is 0.426. The van der Waals surface area contributed by atoms with Gasteiger partial charge < -0.3 is 5.32 Å². The maximum Gasteiger partial charge on any atom is 0.261 e. The van der Waals surface area contributed by atoms with Crippen molar-refractivity contribution in [2.75, 3.05) is 10.0 Å². The van der Waals surface area contributed by atoms with Gasteiger partial charge in [-0.3, -0.25) is 14.3 Å². The minimum Gasteiger partial charge on any atom is -0.313 e. The summed E-state index contributed by atoms with van der Waals surface area (Å²) in [5, 5.41) is 4.52. The highest BCUT2D eigenvalue weighted by molar-refractivity contribution is 7.92. The minimum atomic E-state index is -3.93. The monoisotopic (exact) mass is 436 g/mol. The average Bonchev–Trinajstić information content (AvgIpc) is 3.16. The van der Waals surface area contributed by atoms with E-state index in [0.29, 0.717) is 16.9 Å². The normalized spacial score (nSPS) is 11.2. The molecular weight excluding hydrogens is 420 g/mol. The second-order valence-electron chi connectivity index (χ2n) is 6.44. The number of thiophene rings is 1. The highest BCUT2D eigenvalue weighted by Crippen LogP contribution is 2.30. The number of nitrogens with one attached hydrogen (secondary N) is 2. The largest absolute Gasteiger partial charge is 0.313 e. The molecule has 0 unspecified atom stereocenters. The van der Waals surface area contributed by atoms with Crippen LogP contribution in [0, 0.1) is 0 Å². The van der Waals surface area contributed by atoms with Gasteiger partial charge in [0.2, 0.25) is 0 Å². The lowest BCUT2D eigenvalue weighted by Crippen LogP contribution is -2.18. The number of carbonyl (C=O) groups excluding carboxylic acids is 2. The van der Waals surface area contributed by atoms with Gasteiger partial charge in [0.25, 0.3) is 15.9 Å².